The minimum atomic E-state index is -0.853. The summed E-state index contributed by atoms with van der Waals surface area (Å²) >= 11 is 0. The minimum absolute atomic E-state index is 0.299. The molecular formula is C26H23F2N3O3. The van der Waals surface area contributed by atoms with Crippen molar-refractivity contribution in [1.29, 1.82) is 0 Å². The maximum Gasteiger partial charge on any atom is 0.259 e. The van der Waals surface area contributed by atoms with Gasteiger partial charge in [0.05, 0.1) is 12.7 Å². The monoisotopic (exact) mass is 463 g/mol. The van der Waals surface area contributed by atoms with Gasteiger partial charge < -0.3 is 19.3 Å². The molecule has 0 atom stereocenters. The molecule has 174 valence electrons. The van der Waals surface area contributed by atoms with Crippen LogP contribution in [-0.4, -0.2) is 54.8 Å². The van der Waals surface area contributed by atoms with E-state index in [1.54, 1.807) is 7.11 Å². The third-order valence-corrected chi connectivity index (χ3v) is 6.00. The Morgan fingerprint density at radius 2 is 1.74 bits per heavy atom. The Morgan fingerprint density at radius 3 is 2.53 bits per heavy atom. The Labute approximate surface area is 196 Å². The van der Waals surface area contributed by atoms with Gasteiger partial charge in [0.2, 0.25) is 0 Å². The molecule has 1 amide bonds. The zero-order valence-electron chi connectivity index (χ0n) is 18.6. The van der Waals surface area contributed by atoms with Crippen molar-refractivity contribution in [2.24, 2.45) is 4.99 Å². The Kier molecular flexibility index (Phi) is 5.88. The summed E-state index contributed by atoms with van der Waals surface area (Å²) in [7, 11) is 1.60. The van der Waals surface area contributed by atoms with E-state index in [-0.39, 0.29) is 0 Å². The summed E-state index contributed by atoms with van der Waals surface area (Å²) in [6.07, 6.45) is 0.614. The molecule has 1 saturated heterocycles. The average Bonchev–Trinajstić information content (AvgIpc) is 3.18. The fourth-order valence-electron chi connectivity index (χ4n) is 4.26. The largest absolute Gasteiger partial charge is 0.497 e. The van der Waals surface area contributed by atoms with E-state index in [0.717, 1.165) is 17.7 Å². The molecule has 2 heterocycles. The van der Waals surface area contributed by atoms with Gasteiger partial charge in [-0.15, -0.1) is 0 Å². The van der Waals surface area contributed by atoms with Crippen LogP contribution in [0.25, 0.3) is 0 Å². The standard InChI is InChI=1S/C26H23F2N3O3/c1-33-17-10-11-22-18(16-17)25(29-21-8-2-3-9-23(21)34-22)30-12-5-13-31(15-14-30)26(32)24-19(27)6-4-7-20(24)28/h2-4,6-11,16H,5,12-15H2,1H3. The minimum Gasteiger partial charge on any atom is -0.497 e. The predicted octanol–water partition coefficient (Wildman–Crippen LogP) is 5.01. The lowest BCUT2D eigenvalue weighted by molar-refractivity contribution is 0.0754. The van der Waals surface area contributed by atoms with Gasteiger partial charge in [-0.1, -0.05) is 18.2 Å². The quantitative estimate of drug-likeness (QED) is 0.537. The van der Waals surface area contributed by atoms with Gasteiger partial charge in [0.1, 0.15) is 40.2 Å². The second-order valence-electron chi connectivity index (χ2n) is 8.10. The molecule has 2 aliphatic heterocycles. The summed E-state index contributed by atoms with van der Waals surface area (Å²) < 4.78 is 40.0. The van der Waals surface area contributed by atoms with Crippen LogP contribution >= 0.6 is 0 Å². The number of hydrogen-bond donors (Lipinski definition) is 0. The third kappa shape index (κ3) is 4.07. The van der Waals surface area contributed by atoms with Crippen molar-refractivity contribution in [2.45, 2.75) is 6.42 Å². The summed E-state index contributed by atoms with van der Waals surface area (Å²) in [5.41, 5.74) is 0.953. The lowest BCUT2D eigenvalue weighted by Crippen LogP contribution is -2.38. The number of ether oxygens (including phenoxy) is 2. The van der Waals surface area contributed by atoms with Gasteiger partial charge in [-0.3, -0.25) is 4.79 Å². The van der Waals surface area contributed by atoms with E-state index in [1.165, 1.54) is 11.0 Å². The first-order valence-electron chi connectivity index (χ1n) is 11.1. The topological polar surface area (TPSA) is 54.4 Å². The zero-order valence-corrected chi connectivity index (χ0v) is 18.6. The van der Waals surface area contributed by atoms with Crippen molar-refractivity contribution in [3.8, 4) is 17.2 Å². The molecule has 0 radical (unpaired) electrons. The molecule has 1 fully saturated rings. The Balaban J connectivity index is 1.47. The van der Waals surface area contributed by atoms with Gasteiger partial charge in [0.25, 0.3) is 5.91 Å². The van der Waals surface area contributed by atoms with Crippen LogP contribution in [0, 0.1) is 11.6 Å². The van der Waals surface area contributed by atoms with Crippen LogP contribution in [-0.2, 0) is 0 Å². The van der Waals surface area contributed by atoms with E-state index in [0.29, 0.717) is 61.4 Å². The molecule has 0 aliphatic carbocycles. The SMILES string of the molecule is COc1ccc2c(c1)C(N1CCCN(C(=O)c3c(F)cccc3F)CC1)=Nc1ccccc1O2. The number of para-hydroxylation sites is 2. The molecule has 0 spiro atoms. The first-order valence-corrected chi connectivity index (χ1v) is 11.1. The van der Waals surface area contributed by atoms with Gasteiger partial charge in [-0.25, -0.2) is 13.8 Å². The van der Waals surface area contributed by atoms with Crippen LogP contribution in [0.15, 0.2) is 65.7 Å². The number of benzene rings is 3. The zero-order chi connectivity index (χ0) is 23.7. The number of amides is 1. The van der Waals surface area contributed by atoms with Crippen LogP contribution < -0.4 is 9.47 Å². The summed E-state index contributed by atoms with van der Waals surface area (Å²) in [5.74, 6) is 0.313. The predicted molar refractivity (Wildman–Crippen MR) is 124 cm³/mol. The van der Waals surface area contributed by atoms with Crippen molar-refractivity contribution in [2.75, 3.05) is 33.3 Å². The molecule has 0 saturated carbocycles. The highest BCUT2D eigenvalue weighted by Crippen LogP contribution is 2.39. The first kappa shape index (κ1) is 21.9. The van der Waals surface area contributed by atoms with Gasteiger partial charge in [-0.05, 0) is 48.9 Å². The molecule has 5 rings (SSSR count). The van der Waals surface area contributed by atoms with E-state index in [2.05, 4.69) is 4.90 Å². The van der Waals surface area contributed by atoms with E-state index < -0.39 is 23.1 Å². The van der Waals surface area contributed by atoms with E-state index in [9.17, 15) is 13.6 Å². The number of fused-ring (bicyclic) bond motifs is 2. The summed E-state index contributed by atoms with van der Waals surface area (Å²) in [6, 6.07) is 16.5. The van der Waals surface area contributed by atoms with E-state index in [1.807, 2.05) is 42.5 Å². The summed E-state index contributed by atoms with van der Waals surface area (Å²) in [5, 5.41) is 0. The average molecular weight is 463 g/mol. The molecule has 0 aromatic heterocycles. The van der Waals surface area contributed by atoms with E-state index in [4.69, 9.17) is 14.5 Å². The van der Waals surface area contributed by atoms with Gasteiger partial charge in [0.15, 0.2) is 5.75 Å². The number of halogens is 2. The Hall–Kier alpha value is -3.94. The molecule has 0 unspecified atom stereocenters. The molecule has 0 bridgehead atoms. The highest BCUT2D eigenvalue weighted by atomic mass is 19.1. The molecule has 0 N–H and O–H groups in total. The molecule has 2 aliphatic rings. The van der Waals surface area contributed by atoms with Crippen LogP contribution in [0.3, 0.4) is 0 Å². The maximum atomic E-state index is 14.2. The first-order chi connectivity index (χ1) is 16.5. The van der Waals surface area contributed by atoms with Gasteiger partial charge in [0, 0.05) is 26.2 Å². The summed E-state index contributed by atoms with van der Waals surface area (Å²) in [4.78, 5) is 21.4. The number of nitrogens with zero attached hydrogens (tertiary/aromatic N) is 3. The molecule has 3 aromatic carbocycles. The van der Waals surface area contributed by atoms with Crippen molar-refractivity contribution < 1.29 is 23.0 Å². The van der Waals surface area contributed by atoms with E-state index >= 15 is 0 Å². The molecule has 34 heavy (non-hydrogen) atoms. The normalized spacial score (nSPS) is 15.3. The number of aliphatic imine (C=N–C) groups is 1. The number of hydrogen-bond acceptors (Lipinski definition) is 5. The van der Waals surface area contributed by atoms with Crippen molar-refractivity contribution >= 4 is 17.4 Å². The van der Waals surface area contributed by atoms with Crippen LogP contribution in [0.4, 0.5) is 14.5 Å². The second-order valence-corrected chi connectivity index (χ2v) is 8.10. The van der Waals surface area contributed by atoms with Gasteiger partial charge >= 0.3 is 0 Å². The van der Waals surface area contributed by atoms with Crippen molar-refractivity contribution in [3.63, 3.8) is 0 Å². The number of carbonyl (C=O) groups excluding carboxylic acids is 1. The number of amidine groups is 1. The Morgan fingerprint density at radius 1 is 0.941 bits per heavy atom. The number of methoxy groups -OCH3 is 1. The molecule has 8 heteroatoms. The van der Waals surface area contributed by atoms with Crippen molar-refractivity contribution in [1.82, 2.24) is 9.80 Å². The summed E-state index contributed by atoms with van der Waals surface area (Å²) in [6.45, 7) is 1.74. The smallest absolute Gasteiger partial charge is 0.259 e. The molecule has 3 aromatic rings. The maximum absolute atomic E-state index is 14.2. The molecule has 6 nitrogen and oxygen atoms in total. The second kappa shape index (κ2) is 9.13. The van der Waals surface area contributed by atoms with Gasteiger partial charge in [-0.2, -0.15) is 0 Å². The van der Waals surface area contributed by atoms with Crippen LogP contribution in [0.5, 0.6) is 17.2 Å². The molecular weight excluding hydrogens is 440 g/mol. The third-order valence-electron chi connectivity index (χ3n) is 6.00. The fraction of sp³-hybridized carbons (Fsp3) is 0.231. The highest BCUT2D eigenvalue weighted by molar-refractivity contribution is 6.04. The number of carbonyl (C=O) groups is 1. The number of rotatable bonds is 2. The van der Waals surface area contributed by atoms with Crippen LogP contribution in [0.1, 0.15) is 22.3 Å². The lowest BCUT2D eigenvalue weighted by Gasteiger charge is -2.25. The highest BCUT2D eigenvalue weighted by Gasteiger charge is 2.28. The van der Waals surface area contributed by atoms with Crippen molar-refractivity contribution in [3.05, 3.63) is 83.4 Å². The Bertz CT molecular complexity index is 1260. The van der Waals surface area contributed by atoms with Crippen LogP contribution in [0.2, 0.25) is 0 Å². The lowest BCUT2D eigenvalue weighted by atomic mass is 10.1. The fourth-order valence-corrected chi connectivity index (χ4v) is 4.26.